The van der Waals surface area contributed by atoms with Crippen molar-refractivity contribution in [2.75, 3.05) is 44.3 Å². The van der Waals surface area contributed by atoms with Crippen LogP contribution in [-0.4, -0.2) is 83.3 Å². The Morgan fingerprint density at radius 3 is 2.56 bits per heavy atom. The lowest BCUT2D eigenvalue weighted by Gasteiger charge is -2.48. The fourth-order valence-corrected chi connectivity index (χ4v) is 4.31. The number of hydrogen-bond donors (Lipinski definition) is 2. The van der Waals surface area contributed by atoms with Crippen molar-refractivity contribution in [3.05, 3.63) is 18.0 Å². The molecule has 3 atom stereocenters. The molecule has 2 N–H and O–H groups in total. The standard InChI is InChI=1S/C19H29N5O3/c1-19(2,26)13-7-21-18(22-8-13)23-4-3-20-9-16(23)10-24-14-5-17(25)6-15(24)12-27-11-14/h7-8,14-16,20,26H,3-6,9-12H2,1-2H3/t14?,15?,16-/m1/s1. The molecule has 4 heterocycles. The smallest absolute Gasteiger partial charge is 0.225 e. The largest absolute Gasteiger partial charge is 0.386 e. The number of ether oxygens (including phenoxy) is 1. The fourth-order valence-electron chi connectivity index (χ4n) is 4.31. The van der Waals surface area contributed by atoms with Gasteiger partial charge in [-0.15, -0.1) is 0 Å². The van der Waals surface area contributed by atoms with Crippen LogP contribution in [0.25, 0.3) is 0 Å². The summed E-state index contributed by atoms with van der Waals surface area (Å²) in [4.78, 5) is 25.7. The van der Waals surface area contributed by atoms with Crippen molar-refractivity contribution < 1.29 is 14.6 Å². The summed E-state index contributed by atoms with van der Waals surface area (Å²) in [5.74, 6) is 1.05. The third kappa shape index (κ3) is 3.99. The number of aliphatic hydroxyl groups is 1. The number of piperazine rings is 1. The van der Waals surface area contributed by atoms with Crippen LogP contribution < -0.4 is 10.2 Å². The van der Waals surface area contributed by atoms with Crippen molar-refractivity contribution in [2.24, 2.45) is 0 Å². The second kappa shape index (κ2) is 7.43. The normalized spacial score (nSPS) is 29.8. The highest BCUT2D eigenvalue weighted by molar-refractivity contribution is 5.80. The van der Waals surface area contributed by atoms with Gasteiger partial charge in [0.2, 0.25) is 5.95 Å². The minimum absolute atomic E-state index is 0.187. The number of piperidine rings is 1. The number of nitrogens with one attached hydrogen (secondary N) is 1. The van der Waals surface area contributed by atoms with Crippen LogP contribution in [0.2, 0.25) is 0 Å². The Morgan fingerprint density at radius 1 is 1.26 bits per heavy atom. The molecule has 1 aromatic heterocycles. The van der Waals surface area contributed by atoms with Crippen LogP contribution in [-0.2, 0) is 15.1 Å². The third-order valence-electron chi connectivity index (χ3n) is 5.86. The highest BCUT2D eigenvalue weighted by Gasteiger charge is 2.40. The van der Waals surface area contributed by atoms with Crippen molar-refractivity contribution in [3.63, 3.8) is 0 Å². The van der Waals surface area contributed by atoms with Crippen LogP contribution >= 0.6 is 0 Å². The molecule has 27 heavy (non-hydrogen) atoms. The zero-order valence-electron chi connectivity index (χ0n) is 16.1. The van der Waals surface area contributed by atoms with Gasteiger partial charge < -0.3 is 20.1 Å². The zero-order chi connectivity index (χ0) is 19.0. The first kappa shape index (κ1) is 18.7. The van der Waals surface area contributed by atoms with Crippen LogP contribution in [0.5, 0.6) is 0 Å². The molecule has 0 aromatic carbocycles. The minimum atomic E-state index is -0.945. The number of ketones is 1. The molecule has 0 saturated carbocycles. The molecule has 2 bridgehead atoms. The van der Waals surface area contributed by atoms with E-state index in [1.165, 1.54) is 0 Å². The molecule has 2 unspecified atom stereocenters. The molecule has 3 aliphatic heterocycles. The summed E-state index contributed by atoms with van der Waals surface area (Å²) in [5, 5.41) is 13.6. The van der Waals surface area contributed by atoms with Crippen molar-refractivity contribution in [1.82, 2.24) is 20.2 Å². The second-order valence-corrected chi connectivity index (χ2v) is 8.37. The zero-order valence-corrected chi connectivity index (χ0v) is 16.1. The highest BCUT2D eigenvalue weighted by atomic mass is 16.5. The van der Waals surface area contributed by atoms with Crippen LogP contribution in [0.3, 0.4) is 0 Å². The lowest BCUT2D eigenvalue weighted by Crippen LogP contribution is -2.63. The highest BCUT2D eigenvalue weighted by Crippen LogP contribution is 2.27. The van der Waals surface area contributed by atoms with Crippen molar-refractivity contribution in [2.45, 2.75) is 50.4 Å². The lowest BCUT2D eigenvalue weighted by atomic mass is 9.92. The quantitative estimate of drug-likeness (QED) is 0.755. The molecule has 8 heteroatoms. The molecule has 0 amide bonds. The van der Waals surface area contributed by atoms with Crippen LogP contribution in [0.4, 0.5) is 5.95 Å². The Morgan fingerprint density at radius 2 is 1.93 bits per heavy atom. The number of carbonyl (C=O) groups is 1. The summed E-state index contributed by atoms with van der Waals surface area (Å²) in [6.45, 7) is 8.21. The van der Waals surface area contributed by atoms with Gasteiger partial charge in [-0.3, -0.25) is 9.69 Å². The van der Waals surface area contributed by atoms with E-state index in [1.807, 2.05) is 0 Å². The van der Waals surface area contributed by atoms with E-state index in [9.17, 15) is 9.90 Å². The van der Waals surface area contributed by atoms with Gasteiger partial charge in [-0.1, -0.05) is 0 Å². The van der Waals surface area contributed by atoms with Gasteiger partial charge in [0, 0.05) is 69.1 Å². The molecule has 3 fully saturated rings. The lowest BCUT2D eigenvalue weighted by molar-refractivity contribution is -0.136. The number of aromatic nitrogens is 2. The monoisotopic (exact) mass is 375 g/mol. The van der Waals surface area contributed by atoms with E-state index in [-0.39, 0.29) is 18.1 Å². The Labute approximate surface area is 159 Å². The Hall–Kier alpha value is -1.61. The van der Waals surface area contributed by atoms with Gasteiger partial charge in [-0.05, 0) is 13.8 Å². The Kier molecular flexibility index (Phi) is 5.15. The van der Waals surface area contributed by atoms with Gasteiger partial charge in [0.1, 0.15) is 5.78 Å². The van der Waals surface area contributed by atoms with Crippen molar-refractivity contribution >= 4 is 11.7 Å². The van der Waals surface area contributed by atoms with E-state index in [1.54, 1.807) is 26.2 Å². The maximum atomic E-state index is 12.0. The number of hydrogen-bond acceptors (Lipinski definition) is 8. The Bertz CT molecular complexity index is 659. The first-order valence-corrected chi connectivity index (χ1v) is 9.79. The van der Waals surface area contributed by atoms with Gasteiger partial charge in [0.25, 0.3) is 0 Å². The maximum absolute atomic E-state index is 12.0. The van der Waals surface area contributed by atoms with E-state index in [4.69, 9.17) is 4.74 Å². The number of anilines is 1. The number of carbonyl (C=O) groups excluding carboxylic acids is 1. The predicted molar refractivity (Wildman–Crippen MR) is 101 cm³/mol. The molecule has 8 nitrogen and oxygen atoms in total. The van der Waals surface area contributed by atoms with Crippen LogP contribution in [0.15, 0.2) is 12.4 Å². The van der Waals surface area contributed by atoms with Gasteiger partial charge >= 0.3 is 0 Å². The number of Topliss-reactive ketones (excluding diaryl/α,β-unsaturated/α-hetero) is 1. The molecule has 0 aliphatic carbocycles. The van der Waals surface area contributed by atoms with E-state index >= 15 is 0 Å². The molecular formula is C19H29N5O3. The first-order chi connectivity index (χ1) is 12.9. The predicted octanol–water partition coefficient (Wildman–Crippen LogP) is -0.0855. The topological polar surface area (TPSA) is 90.8 Å². The summed E-state index contributed by atoms with van der Waals surface area (Å²) >= 11 is 0. The van der Waals surface area contributed by atoms with E-state index in [0.29, 0.717) is 43.4 Å². The molecular weight excluding hydrogens is 346 g/mol. The average molecular weight is 375 g/mol. The SMILES string of the molecule is CC(C)(O)c1cnc(N2CCNC[C@@H]2CN2C3COCC2CC(=O)C3)nc1. The van der Waals surface area contributed by atoms with E-state index in [2.05, 4.69) is 25.1 Å². The van der Waals surface area contributed by atoms with Gasteiger partial charge in [-0.2, -0.15) is 0 Å². The van der Waals surface area contributed by atoms with Crippen molar-refractivity contribution in [3.8, 4) is 0 Å². The maximum Gasteiger partial charge on any atom is 0.225 e. The molecule has 3 saturated heterocycles. The average Bonchev–Trinajstić information content (AvgIpc) is 2.62. The number of nitrogens with zero attached hydrogens (tertiary/aromatic N) is 4. The number of rotatable bonds is 4. The summed E-state index contributed by atoms with van der Waals surface area (Å²) in [7, 11) is 0. The summed E-state index contributed by atoms with van der Waals surface area (Å²) in [5.41, 5.74) is -0.238. The molecule has 148 valence electrons. The second-order valence-electron chi connectivity index (χ2n) is 8.37. The molecule has 0 radical (unpaired) electrons. The van der Waals surface area contributed by atoms with E-state index < -0.39 is 5.60 Å². The summed E-state index contributed by atoms with van der Waals surface area (Å²) in [6, 6.07) is 0.613. The Balaban J connectivity index is 1.50. The van der Waals surface area contributed by atoms with Crippen LogP contribution in [0.1, 0.15) is 32.3 Å². The minimum Gasteiger partial charge on any atom is -0.386 e. The molecule has 4 rings (SSSR count). The van der Waals surface area contributed by atoms with E-state index in [0.717, 1.165) is 26.2 Å². The van der Waals surface area contributed by atoms with Crippen LogP contribution in [0, 0.1) is 0 Å². The summed E-state index contributed by atoms with van der Waals surface area (Å²) < 4.78 is 5.69. The fraction of sp³-hybridized carbons (Fsp3) is 0.737. The van der Waals surface area contributed by atoms with Gasteiger partial charge in [-0.25, -0.2) is 9.97 Å². The van der Waals surface area contributed by atoms with Gasteiger partial charge in [0.15, 0.2) is 0 Å². The van der Waals surface area contributed by atoms with Crippen molar-refractivity contribution in [1.29, 1.82) is 0 Å². The summed E-state index contributed by atoms with van der Waals surface area (Å²) in [6.07, 6.45) is 4.61. The van der Waals surface area contributed by atoms with Gasteiger partial charge in [0.05, 0.1) is 24.9 Å². The first-order valence-electron chi connectivity index (χ1n) is 9.79. The number of fused-ring (bicyclic) bond motifs is 2. The third-order valence-corrected chi connectivity index (χ3v) is 5.86. The molecule has 1 aromatic rings. The number of morpholine rings is 1. The molecule has 0 spiro atoms. The molecule has 3 aliphatic rings.